The first-order valence-electron chi connectivity index (χ1n) is 7.08. The molecule has 2 aromatic carbocycles. The Labute approximate surface area is 137 Å². The highest BCUT2D eigenvalue weighted by Crippen LogP contribution is 2.29. The van der Waals surface area contributed by atoms with Crippen molar-refractivity contribution in [2.24, 2.45) is 0 Å². The number of fused-ring (bicyclic) bond motifs is 1. The van der Waals surface area contributed by atoms with Crippen LogP contribution in [0.5, 0.6) is 0 Å². The summed E-state index contributed by atoms with van der Waals surface area (Å²) in [4.78, 5) is 11.0. The van der Waals surface area contributed by atoms with Crippen LogP contribution in [0.25, 0.3) is 10.9 Å². The lowest BCUT2D eigenvalue weighted by Crippen LogP contribution is -2.12. The maximum atomic E-state index is 4.49. The van der Waals surface area contributed by atoms with E-state index in [0.29, 0.717) is 0 Å². The third-order valence-corrected chi connectivity index (χ3v) is 3.97. The third kappa shape index (κ3) is 2.90. The summed E-state index contributed by atoms with van der Waals surface area (Å²) in [5.41, 5.74) is 5.88. The molecule has 0 aliphatic heterocycles. The first-order chi connectivity index (χ1) is 10.1. The maximum absolute atomic E-state index is 4.49. The number of rotatable bonds is 2. The molecular weight excluding hydrogens is 294 g/mol. The van der Waals surface area contributed by atoms with Gasteiger partial charge in [-0.1, -0.05) is 17.7 Å². The van der Waals surface area contributed by atoms with Crippen LogP contribution in [0.15, 0.2) is 42.7 Å². The lowest BCUT2D eigenvalue weighted by atomic mass is 10.1. The second-order valence-electron chi connectivity index (χ2n) is 5.55. The van der Waals surface area contributed by atoms with E-state index in [1.807, 2.05) is 7.05 Å². The number of aryl methyl sites for hydroxylation is 3. The van der Waals surface area contributed by atoms with Crippen molar-refractivity contribution >= 4 is 34.8 Å². The summed E-state index contributed by atoms with van der Waals surface area (Å²) in [6, 6.07) is 12.8. The van der Waals surface area contributed by atoms with Crippen LogP contribution in [-0.4, -0.2) is 17.0 Å². The van der Waals surface area contributed by atoms with Crippen molar-refractivity contribution in [1.29, 1.82) is 0 Å². The molecule has 0 amide bonds. The van der Waals surface area contributed by atoms with Crippen molar-refractivity contribution in [2.75, 3.05) is 11.9 Å². The van der Waals surface area contributed by atoms with E-state index >= 15 is 0 Å². The zero-order chi connectivity index (χ0) is 15.0. The molecule has 0 unspecified atom stereocenters. The molecule has 4 heteroatoms. The van der Waals surface area contributed by atoms with E-state index in [0.717, 1.165) is 22.4 Å². The van der Waals surface area contributed by atoms with Crippen molar-refractivity contribution in [3.05, 3.63) is 59.4 Å². The second kappa shape index (κ2) is 6.32. The van der Waals surface area contributed by atoms with E-state index < -0.39 is 0 Å². The second-order valence-corrected chi connectivity index (χ2v) is 5.55. The van der Waals surface area contributed by atoms with Gasteiger partial charge < -0.3 is 4.90 Å². The summed E-state index contributed by atoms with van der Waals surface area (Å²) in [5, 5.41) is 1.09. The third-order valence-electron chi connectivity index (χ3n) is 3.97. The Kier molecular flexibility index (Phi) is 4.67. The van der Waals surface area contributed by atoms with Crippen LogP contribution in [0.4, 0.5) is 11.5 Å². The van der Waals surface area contributed by atoms with Crippen molar-refractivity contribution in [3.8, 4) is 0 Å². The van der Waals surface area contributed by atoms with Crippen LogP contribution < -0.4 is 4.90 Å². The maximum Gasteiger partial charge on any atom is 0.144 e. The number of hydrogen-bond acceptors (Lipinski definition) is 3. The number of nitrogens with zero attached hydrogens (tertiary/aromatic N) is 3. The molecule has 3 rings (SSSR count). The average molecular weight is 314 g/mol. The van der Waals surface area contributed by atoms with Gasteiger partial charge in [0.2, 0.25) is 0 Å². The van der Waals surface area contributed by atoms with E-state index in [-0.39, 0.29) is 12.4 Å². The molecule has 3 aromatic rings. The van der Waals surface area contributed by atoms with Gasteiger partial charge in [0.25, 0.3) is 0 Å². The fourth-order valence-electron chi connectivity index (χ4n) is 2.46. The van der Waals surface area contributed by atoms with Crippen LogP contribution in [-0.2, 0) is 0 Å². The van der Waals surface area contributed by atoms with Crippen molar-refractivity contribution in [2.45, 2.75) is 20.8 Å². The molecule has 0 N–H and O–H groups in total. The highest BCUT2D eigenvalue weighted by atomic mass is 35.5. The largest absolute Gasteiger partial charge is 0.329 e. The molecule has 1 heterocycles. The molecule has 0 spiro atoms. The van der Waals surface area contributed by atoms with E-state index in [2.05, 4.69) is 72.0 Å². The number of anilines is 2. The minimum absolute atomic E-state index is 0. The Balaban J connectivity index is 0.00000176. The fraction of sp³-hybridized carbons (Fsp3) is 0.222. The van der Waals surface area contributed by atoms with Crippen molar-refractivity contribution in [1.82, 2.24) is 9.97 Å². The quantitative estimate of drug-likeness (QED) is 0.684. The molecule has 0 aliphatic carbocycles. The minimum atomic E-state index is 0. The molecule has 0 aliphatic rings. The zero-order valence-electron chi connectivity index (χ0n) is 13.3. The van der Waals surface area contributed by atoms with E-state index in [9.17, 15) is 0 Å². The molecule has 0 bridgehead atoms. The summed E-state index contributed by atoms with van der Waals surface area (Å²) in [7, 11) is 2.04. The monoisotopic (exact) mass is 313 g/mol. The van der Waals surface area contributed by atoms with Gasteiger partial charge in [0.15, 0.2) is 0 Å². The molecule has 3 nitrogen and oxygen atoms in total. The molecule has 0 radical (unpaired) electrons. The highest BCUT2D eigenvalue weighted by Gasteiger charge is 2.11. The number of benzene rings is 2. The number of hydrogen-bond donors (Lipinski definition) is 0. The molecular formula is C18H20ClN3. The Morgan fingerprint density at radius 1 is 0.864 bits per heavy atom. The predicted octanol–water partition coefficient (Wildman–Crippen LogP) is 4.74. The van der Waals surface area contributed by atoms with Crippen LogP contribution in [0.2, 0.25) is 0 Å². The number of aromatic nitrogens is 2. The smallest absolute Gasteiger partial charge is 0.144 e. The predicted molar refractivity (Wildman–Crippen MR) is 95.5 cm³/mol. The summed E-state index contributed by atoms with van der Waals surface area (Å²) < 4.78 is 0. The van der Waals surface area contributed by atoms with Gasteiger partial charge in [0, 0.05) is 18.1 Å². The van der Waals surface area contributed by atoms with Gasteiger partial charge >= 0.3 is 0 Å². The fourth-order valence-corrected chi connectivity index (χ4v) is 2.46. The highest BCUT2D eigenvalue weighted by molar-refractivity contribution is 5.92. The van der Waals surface area contributed by atoms with Crippen LogP contribution in [0.3, 0.4) is 0 Å². The normalized spacial score (nSPS) is 10.4. The van der Waals surface area contributed by atoms with Gasteiger partial charge in [-0.25, -0.2) is 9.97 Å². The average Bonchev–Trinajstić information content (AvgIpc) is 2.48. The Bertz CT molecular complexity index is 797. The summed E-state index contributed by atoms with van der Waals surface area (Å²) in [6.07, 6.45) is 1.64. The van der Waals surface area contributed by atoms with Crippen LogP contribution in [0.1, 0.15) is 16.7 Å². The summed E-state index contributed by atoms with van der Waals surface area (Å²) in [5.74, 6) is 0.937. The molecule has 0 atom stereocenters. The number of halogens is 1. The molecule has 0 saturated carbocycles. The van der Waals surface area contributed by atoms with Gasteiger partial charge in [0.05, 0.1) is 5.52 Å². The molecule has 1 aromatic heterocycles. The topological polar surface area (TPSA) is 29.0 Å². The Morgan fingerprint density at radius 3 is 2.18 bits per heavy atom. The van der Waals surface area contributed by atoms with E-state index in [1.165, 1.54) is 16.7 Å². The Hall–Kier alpha value is -2.13. The van der Waals surface area contributed by atoms with Crippen LogP contribution in [0, 0.1) is 20.8 Å². The van der Waals surface area contributed by atoms with Gasteiger partial charge in [-0.2, -0.15) is 0 Å². The summed E-state index contributed by atoms with van der Waals surface area (Å²) in [6.45, 7) is 6.33. The van der Waals surface area contributed by atoms with Gasteiger partial charge in [-0.15, -0.1) is 12.4 Å². The van der Waals surface area contributed by atoms with Crippen molar-refractivity contribution in [3.63, 3.8) is 0 Å². The first kappa shape index (κ1) is 16.2. The molecule has 22 heavy (non-hydrogen) atoms. The van der Waals surface area contributed by atoms with Crippen LogP contribution >= 0.6 is 12.4 Å². The Morgan fingerprint density at radius 2 is 1.50 bits per heavy atom. The molecule has 114 valence electrons. The van der Waals surface area contributed by atoms with Gasteiger partial charge in [0.1, 0.15) is 12.1 Å². The van der Waals surface area contributed by atoms with Crippen molar-refractivity contribution < 1.29 is 0 Å². The van der Waals surface area contributed by atoms with Gasteiger partial charge in [-0.3, -0.25) is 0 Å². The van der Waals surface area contributed by atoms with Gasteiger partial charge in [-0.05, 0) is 56.2 Å². The first-order valence-corrected chi connectivity index (χ1v) is 7.08. The summed E-state index contributed by atoms with van der Waals surface area (Å²) >= 11 is 0. The van der Waals surface area contributed by atoms with E-state index in [1.54, 1.807) is 6.33 Å². The SMILES string of the molecule is Cc1ccc(N(C)c2ncnc3cc(C)c(C)cc23)cc1.Cl. The standard InChI is InChI=1S/C18H19N3.ClH/c1-12-5-7-15(8-6-12)21(4)18-16-9-13(2)14(3)10-17(16)19-11-20-18;/h5-11H,1-4H3;1H. The minimum Gasteiger partial charge on any atom is -0.329 e. The van der Waals surface area contributed by atoms with E-state index in [4.69, 9.17) is 0 Å². The lowest BCUT2D eigenvalue weighted by Gasteiger charge is -2.20. The molecule has 0 saturated heterocycles. The zero-order valence-corrected chi connectivity index (χ0v) is 14.1. The molecule has 0 fully saturated rings. The lowest BCUT2D eigenvalue weighted by molar-refractivity contribution is 1.11.